The minimum Gasteiger partial charge on any atom is -0.346 e. The van der Waals surface area contributed by atoms with E-state index in [2.05, 4.69) is 22.1 Å². The molecule has 25 heavy (non-hydrogen) atoms. The lowest BCUT2D eigenvalue weighted by molar-refractivity contribution is 0.0215. The van der Waals surface area contributed by atoms with Gasteiger partial charge in [-0.3, -0.25) is 14.7 Å². The molecule has 3 aliphatic rings. The Bertz CT molecular complexity index is 792. The van der Waals surface area contributed by atoms with E-state index in [0.29, 0.717) is 23.2 Å². The SMILES string of the molecule is CC1C(NC(=O)c2ccc(-c3cncc(F)c3)n2C)C2CCN1CC2. The number of carbonyl (C=O) groups excluding carboxylic acids is 1. The van der Waals surface area contributed by atoms with E-state index in [4.69, 9.17) is 0 Å². The van der Waals surface area contributed by atoms with E-state index in [9.17, 15) is 9.18 Å². The predicted octanol–water partition coefficient (Wildman–Crippen LogP) is 2.44. The monoisotopic (exact) mass is 342 g/mol. The minimum absolute atomic E-state index is 0.0660. The molecule has 5 rings (SSSR count). The average Bonchev–Trinajstić information content (AvgIpc) is 3.00. The van der Waals surface area contributed by atoms with Crippen LogP contribution in [0.25, 0.3) is 11.3 Å². The van der Waals surface area contributed by atoms with Crippen molar-refractivity contribution in [3.05, 3.63) is 42.1 Å². The van der Waals surface area contributed by atoms with Gasteiger partial charge in [0.15, 0.2) is 0 Å². The first-order valence-corrected chi connectivity index (χ1v) is 8.86. The summed E-state index contributed by atoms with van der Waals surface area (Å²) in [4.78, 5) is 19.2. The maximum absolute atomic E-state index is 13.4. The van der Waals surface area contributed by atoms with Gasteiger partial charge in [0.1, 0.15) is 11.5 Å². The lowest BCUT2D eigenvalue weighted by Crippen LogP contribution is -2.62. The molecule has 3 aliphatic heterocycles. The van der Waals surface area contributed by atoms with Crippen molar-refractivity contribution in [3.8, 4) is 11.3 Å². The largest absolute Gasteiger partial charge is 0.346 e. The predicted molar refractivity (Wildman–Crippen MR) is 93.6 cm³/mol. The molecule has 0 radical (unpaired) electrons. The number of pyridine rings is 1. The van der Waals surface area contributed by atoms with Gasteiger partial charge < -0.3 is 9.88 Å². The molecule has 1 N–H and O–H groups in total. The van der Waals surface area contributed by atoms with Crippen LogP contribution in [0, 0.1) is 11.7 Å². The second-order valence-electron chi connectivity index (χ2n) is 7.17. The Hall–Kier alpha value is -2.21. The highest BCUT2D eigenvalue weighted by molar-refractivity contribution is 5.94. The topological polar surface area (TPSA) is 50.2 Å². The van der Waals surface area contributed by atoms with Gasteiger partial charge in [-0.1, -0.05) is 0 Å². The fraction of sp³-hybridized carbons (Fsp3) is 0.474. The fourth-order valence-electron chi connectivity index (χ4n) is 4.35. The highest BCUT2D eigenvalue weighted by atomic mass is 19.1. The van der Waals surface area contributed by atoms with E-state index >= 15 is 0 Å². The van der Waals surface area contributed by atoms with Gasteiger partial charge in [0.25, 0.3) is 5.91 Å². The standard InChI is InChI=1S/C19H23FN4O/c1-12-18(13-5-7-24(12)8-6-13)22-19(25)17-4-3-16(23(17)2)14-9-15(20)11-21-10-14/h3-4,9-13,18H,5-8H2,1-2H3,(H,22,25). The van der Waals surface area contributed by atoms with Crippen LogP contribution in [0.5, 0.6) is 0 Å². The number of aromatic nitrogens is 2. The molecule has 0 spiro atoms. The van der Waals surface area contributed by atoms with Crippen molar-refractivity contribution in [2.75, 3.05) is 13.1 Å². The number of halogens is 1. The third-order valence-electron chi connectivity index (χ3n) is 5.83. The van der Waals surface area contributed by atoms with Gasteiger partial charge in [-0.2, -0.15) is 0 Å². The molecular formula is C19H23FN4O. The molecule has 3 fully saturated rings. The number of amides is 1. The van der Waals surface area contributed by atoms with E-state index in [0.717, 1.165) is 31.6 Å². The molecule has 5 nitrogen and oxygen atoms in total. The number of hydrogen-bond acceptors (Lipinski definition) is 3. The first kappa shape index (κ1) is 16.3. The van der Waals surface area contributed by atoms with Crippen molar-refractivity contribution in [3.63, 3.8) is 0 Å². The molecule has 132 valence electrons. The highest BCUT2D eigenvalue weighted by Gasteiger charge is 2.40. The zero-order chi connectivity index (χ0) is 17.6. The Kier molecular flexibility index (Phi) is 4.07. The molecule has 2 atom stereocenters. The summed E-state index contributed by atoms with van der Waals surface area (Å²) < 4.78 is 15.2. The Labute approximate surface area is 146 Å². The molecule has 2 aromatic rings. The number of fused-ring (bicyclic) bond motifs is 3. The van der Waals surface area contributed by atoms with Gasteiger partial charge in [-0.25, -0.2) is 4.39 Å². The van der Waals surface area contributed by atoms with Crippen LogP contribution in [0.4, 0.5) is 4.39 Å². The van der Waals surface area contributed by atoms with Crippen molar-refractivity contribution in [1.29, 1.82) is 0 Å². The summed E-state index contributed by atoms with van der Waals surface area (Å²) in [6.45, 7) is 4.48. The summed E-state index contributed by atoms with van der Waals surface area (Å²) in [5.74, 6) is 0.116. The van der Waals surface area contributed by atoms with Gasteiger partial charge in [0.2, 0.25) is 0 Å². The maximum Gasteiger partial charge on any atom is 0.268 e. The molecule has 2 unspecified atom stereocenters. The van der Waals surface area contributed by atoms with E-state index < -0.39 is 0 Å². The summed E-state index contributed by atoms with van der Waals surface area (Å²) in [7, 11) is 1.83. The smallest absolute Gasteiger partial charge is 0.268 e. The molecule has 6 heteroatoms. The molecule has 3 saturated heterocycles. The van der Waals surface area contributed by atoms with E-state index in [1.165, 1.54) is 12.3 Å². The second-order valence-corrected chi connectivity index (χ2v) is 7.17. The van der Waals surface area contributed by atoms with Crippen molar-refractivity contribution in [2.45, 2.75) is 31.8 Å². The fourth-order valence-corrected chi connectivity index (χ4v) is 4.35. The molecule has 2 bridgehead atoms. The molecule has 5 heterocycles. The van der Waals surface area contributed by atoms with Crippen LogP contribution in [-0.4, -0.2) is 45.5 Å². The number of nitrogens with zero attached hydrogens (tertiary/aromatic N) is 3. The average molecular weight is 342 g/mol. The maximum atomic E-state index is 13.4. The highest BCUT2D eigenvalue weighted by Crippen LogP contribution is 2.32. The van der Waals surface area contributed by atoms with Crippen LogP contribution in [-0.2, 0) is 7.05 Å². The summed E-state index contributed by atoms with van der Waals surface area (Å²) in [6.07, 6.45) is 5.09. The van der Waals surface area contributed by atoms with Crippen LogP contribution in [0.2, 0.25) is 0 Å². The Morgan fingerprint density at radius 1 is 1.28 bits per heavy atom. The second kappa shape index (κ2) is 6.26. The van der Waals surface area contributed by atoms with Crippen molar-refractivity contribution in [1.82, 2.24) is 19.8 Å². The normalized spacial score (nSPS) is 28.1. The molecule has 0 aliphatic carbocycles. The molecular weight excluding hydrogens is 319 g/mol. The Morgan fingerprint density at radius 2 is 2.04 bits per heavy atom. The summed E-state index contributed by atoms with van der Waals surface area (Å²) >= 11 is 0. The van der Waals surface area contributed by atoms with E-state index in [-0.39, 0.29) is 17.8 Å². The lowest BCUT2D eigenvalue weighted by atomic mass is 9.79. The Morgan fingerprint density at radius 3 is 2.72 bits per heavy atom. The van der Waals surface area contributed by atoms with Gasteiger partial charge in [-0.05, 0) is 57.0 Å². The van der Waals surface area contributed by atoms with Crippen LogP contribution >= 0.6 is 0 Å². The van der Waals surface area contributed by atoms with Crippen molar-refractivity contribution in [2.24, 2.45) is 13.0 Å². The van der Waals surface area contributed by atoms with Crippen LogP contribution in [0.1, 0.15) is 30.3 Å². The van der Waals surface area contributed by atoms with Crippen molar-refractivity contribution >= 4 is 5.91 Å². The van der Waals surface area contributed by atoms with Gasteiger partial charge >= 0.3 is 0 Å². The number of rotatable bonds is 3. The van der Waals surface area contributed by atoms with Crippen LogP contribution in [0.15, 0.2) is 30.6 Å². The van der Waals surface area contributed by atoms with Gasteiger partial charge in [0, 0.05) is 30.9 Å². The Balaban J connectivity index is 1.55. The number of carbonyl (C=O) groups is 1. The number of nitrogens with one attached hydrogen (secondary N) is 1. The van der Waals surface area contributed by atoms with Gasteiger partial charge in [0.05, 0.1) is 11.9 Å². The number of piperidine rings is 3. The van der Waals surface area contributed by atoms with E-state index in [1.807, 2.05) is 13.1 Å². The summed E-state index contributed by atoms with van der Waals surface area (Å²) in [6, 6.07) is 5.64. The summed E-state index contributed by atoms with van der Waals surface area (Å²) in [5, 5.41) is 3.24. The summed E-state index contributed by atoms with van der Waals surface area (Å²) in [5.41, 5.74) is 2.03. The van der Waals surface area contributed by atoms with Crippen LogP contribution < -0.4 is 5.32 Å². The minimum atomic E-state index is -0.384. The third kappa shape index (κ3) is 2.84. The lowest BCUT2D eigenvalue weighted by Gasteiger charge is -2.49. The molecule has 0 aromatic carbocycles. The van der Waals surface area contributed by atoms with Crippen molar-refractivity contribution < 1.29 is 9.18 Å². The number of hydrogen-bond donors (Lipinski definition) is 1. The molecule has 0 saturated carbocycles. The van der Waals surface area contributed by atoms with E-state index in [1.54, 1.807) is 16.8 Å². The van der Waals surface area contributed by atoms with Crippen LogP contribution in [0.3, 0.4) is 0 Å². The third-order valence-corrected chi connectivity index (χ3v) is 5.83. The zero-order valence-electron chi connectivity index (χ0n) is 14.6. The first-order valence-electron chi connectivity index (χ1n) is 8.86. The molecule has 2 aromatic heterocycles. The zero-order valence-corrected chi connectivity index (χ0v) is 14.6. The molecule has 1 amide bonds. The quantitative estimate of drug-likeness (QED) is 0.932. The first-order chi connectivity index (χ1) is 12.0. The van der Waals surface area contributed by atoms with Gasteiger partial charge in [-0.15, -0.1) is 0 Å².